The molecule has 1 rings (SSSR count). The Labute approximate surface area is 118 Å². The lowest BCUT2D eigenvalue weighted by Gasteiger charge is -2.24. The Hall–Kier alpha value is -1.55. The third-order valence-corrected chi connectivity index (χ3v) is 3.05. The van der Waals surface area contributed by atoms with Gasteiger partial charge in [-0.25, -0.2) is 0 Å². The normalized spacial score (nSPS) is 10.9. The van der Waals surface area contributed by atoms with Crippen LogP contribution in [-0.4, -0.2) is 24.3 Å². The summed E-state index contributed by atoms with van der Waals surface area (Å²) >= 11 is 5.77. The maximum absolute atomic E-state index is 11.7. The van der Waals surface area contributed by atoms with Gasteiger partial charge >= 0.3 is 0 Å². The van der Waals surface area contributed by atoms with E-state index in [4.69, 9.17) is 16.3 Å². The van der Waals surface area contributed by atoms with E-state index in [1.165, 1.54) is 6.07 Å². The summed E-state index contributed by atoms with van der Waals surface area (Å²) in [6.45, 7) is 5.73. The molecule has 0 aliphatic heterocycles. The molecule has 0 heterocycles. The second-order valence-electron chi connectivity index (χ2n) is 4.87. The number of carbonyl (C=O) groups excluding carboxylic acids is 2. The second-order valence-corrected chi connectivity index (χ2v) is 5.31. The minimum atomic E-state index is -0.270. The van der Waals surface area contributed by atoms with E-state index >= 15 is 0 Å². The Morgan fingerprint density at radius 1 is 1.47 bits per heavy atom. The van der Waals surface area contributed by atoms with Gasteiger partial charge in [0, 0.05) is 10.6 Å². The summed E-state index contributed by atoms with van der Waals surface area (Å²) in [6.07, 6.45) is 1.47. The van der Waals surface area contributed by atoms with Gasteiger partial charge in [-0.2, -0.15) is 0 Å². The Bertz CT molecular complexity index is 472. The van der Waals surface area contributed by atoms with Crippen molar-refractivity contribution in [3.8, 4) is 5.75 Å². The van der Waals surface area contributed by atoms with Crippen molar-refractivity contribution < 1.29 is 14.3 Å². The second kappa shape index (κ2) is 6.57. The van der Waals surface area contributed by atoms with Gasteiger partial charge in [0.15, 0.2) is 12.9 Å². The number of aldehydes is 1. The zero-order valence-corrected chi connectivity index (χ0v) is 12.1. The average molecular weight is 284 g/mol. The van der Waals surface area contributed by atoms with Crippen LogP contribution in [0.25, 0.3) is 0 Å². The lowest BCUT2D eigenvalue weighted by atomic mass is 10.0. The third-order valence-electron chi connectivity index (χ3n) is 2.82. The highest BCUT2D eigenvalue weighted by Crippen LogP contribution is 2.21. The molecule has 0 bridgehead atoms. The van der Waals surface area contributed by atoms with E-state index in [2.05, 4.69) is 5.32 Å². The first-order valence-electron chi connectivity index (χ1n) is 6.06. The number of hydrogen-bond donors (Lipinski definition) is 1. The highest BCUT2D eigenvalue weighted by Gasteiger charge is 2.18. The maximum Gasteiger partial charge on any atom is 0.258 e. The molecule has 0 spiro atoms. The Morgan fingerprint density at radius 2 is 2.16 bits per heavy atom. The van der Waals surface area contributed by atoms with Crippen LogP contribution in [0.1, 0.15) is 37.6 Å². The van der Waals surface area contributed by atoms with E-state index in [9.17, 15) is 9.59 Å². The zero-order valence-electron chi connectivity index (χ0n) is 11.3. The van der Waals surface area contributed by atoms with E-state index < -0.39 is 0 Å². The molecule has 0 saturated heterocycles. The van der Waals surface area contributed by atoms with E-state index in [1.807, 2.05) is 20.8 Å². The topological polar surface area (TPSA) is 55.4 Å². The minimum Gasteiger partial charge on any atom is -0.483 e. The van der Waals surface area contributed by atoms with Crippen LogP contribution in [0.15, 0.2) is 18.2 Å². The Morgan fingerprint density at radius 3 is 2.74 bits per heavy atom. The molecule has 0 atom stereocenters. The van der Waals surface area contributed by atoms with Crippen molar-refractivity contribution in [2.75, 3.05) is 6.61 Å². The molecule has 5 heteroatoms. The number of hydrogen-bond acceptors (Lipinski definition) is 3. The van der Waals surface area contributed by atoms with Crippen molar-refractivity contribution in [2.45, 2.75) is 32.7 Å². The minimum absolute atomic E-state index is 0.133. The van der Waals surface area contributed by atoms with Crippen LogP contribution < -0.4 is 10.1 Å². The summed E-state index contributed by atoms with van der Waals surface area (Å²) in [5.74, 6) is 0.127. The number of benzene rings is 1. The SMILES string of the molecule is CCC(C)(C)NC(=O)COc1ccc(Cl)cc1C=O. The van der Waals surface area contributed by atoms with Crippen molar-refractivity contribution >= 4 is 23.8 Å². The molecule has 19 heavy (non-hydrogen) atoms. The molecule has 4 nitrogen and oxygen atoms in total. The molecular weight excluding hydrogens is 266 g/mol. The van der Waals surface area contributed by atoms with Gasteiger partial charge in [-0.15, -0.1) is 0 Å². The molecule has 1 N–H and O–H groups in total. The first-order chi connectivity index (χ1) is 8.88. The van der Waals surface area contributed by atoms with Crippen LogP contribution in [0.4, 0.5) is 0 Å². The standard InChI is InChI=1S/C14H18ClNO3/c1-4-14(2,3)16-13(18)9-19-12-6-5-11(15)7-10(12)8-17/h5-8H,4,9H2,1-3H3,(H,16,18). The summed E-state index contributed by atoms with van der Waals surface area (Å²) in [5, 5.41) is 3.30. The number of nitrogens with one attached hydrogen (secondary N) is 1. The Kier molecular flexibility index (Phi) is 5.36. The van der Waals surface area contributed by atoms with Crippen LogP contribution in [-0.2, 0) is 4.79 Å². The van der Waals surface area contributed by atoms with Gasteiger partial charge < -0.3 is 10.1 Å². The molecule has 1 aromatic rings. The molecule has 1 aromatic carbocycles. The van der Waals surface area contributed by atoms with Gasteiger partial charge in [-0.05, 0) is 38.5 Å². The molecular formula is C14H18ClNO3. The molecule has 0 saturated carbocycles. The van der Waals surface area contributed by atoms with Crippen molar-refractivity contribution in [1.82, 2.24) is 5.32 Å². The molecule has 0 aliphatic carbocycles. The monoisotopic (exact) mass is 283 g/mol. The van der Waals surface area contributed by atoms with Crippen molar-refractivity contribution in [1.29, 1.82) is 0 Å². The summed E-state index contributed by atoms with van der Waals surface area (Å²) in [5.41, 5.74) is 0.0588. The largest absolute Gasteiger partial charge is 0.483 e. The number of ether oxygens (including phenoxy) is 1. The van der Waals surface area contributed by atoms with Crippen molar-refractivity contribution in [3.05, 3.63) is 28.8 Å². The van der Waals surface area contributed by atoms with Crippen molar-refractivity contribution in [2.24, 2.45) is 0 Å². The molecule has 104 valence electrons. The predicted octanol–water partition coefficient (Wildman–Crippen LogP) is 2.84. The lowest BCUT2D eigenvalue weighted by molar-refractivity contribution is -0.124. The van der Waals surface area contributed by atoms with E-state index in [1.54, 1.807) is 12.1 Å². The number of carbonyl (C=O) groups is 2. The summed E-state index contributed by atoms with van der Waals surface area (Å²) in [7, 11) is 0. The molecule has 1 amide bonds. The van der Waals surface area contributed by atoms with Gasteiger partial charge in [-0.1, -0.05) is 18.5 Å². The van der Waals surface area contributed by atoms with Crippen LogP contribution >= 0.6 is 11.6 Å². The first-order valence-corrected chi connectivity index (χ1v) is 6.44. The van der Waals surface area contributed by atoms with E-state index in [0.717, 1.165) is 6.42 Å². The molecule has 0 aromatic heterocycles. The van der Waals surface area contributed by atoms with Crippen LogP contribution in [0, 0.1) is 0 Å². The summed E-state index contributed by atoms with van der Waals surface area (Å²) in [4.78, 5) is 22.6. The van der Waals surface area contributed by atoms with Gasteiger partial charge in [0.05, 0.1) is 5.56 Å². The predicted molar refractivity (Wildman–Crippen MR) is 74.8 cm³/mol. The van der Waals surface area contributed by atoms with Crippen molar-refractivity contribution in [3.63, 3.8) is 0 Å². The summed E-state index contributed by atoms with van der Waals surface area (Å²) < 4.78 is 5.33. The quantitative estimate of drug-likeness (QED) is 0.817. The fourth-order valence-electron chi connectivity index (χ4n) is 1.39. The van der Waals surface area contributed by atoms with E-state index in [-0.39, 0.29) is 18.1 Å². The Balaban J connectivity index is 2.62. The molecule has 0 aliphatic rings. The fourth-order valence-corrected chi connectivity index (χ4v) is 1.57. The van der Waals surface area contributed by atoms with Crippen LogP contribution in [0.5, 0.6) is 5.75 Å². The highest BCUT2D eigenvalue weighted by molar-refractivity contribution is 6.30. The number of amides is 1. The number of halogens is 1. The van der Waals surface area contributed by atoms with Gasteiger partial charge in [0.25, 0.3) is 5.91 Å². The van der Waals surface area contributed by atoms with Gasteiger partial charge in [0.2, 0.25) is 0 Å². The molecule has 0 fully saturated rings. The number of rotatable bonds is 6. The average Bonchev–Trinajstić information content (AvgIpc) is 2.36. The van der Waals surface area contributed by atoms with Crippen LogP contribution in [0.3, 0.4) is 0 Å². The first kappa shape index (κ1) is 15.5. The van der Waals surface area contributed by atoms with Crippen LogP contribution in [0.2, 0.25) is 5.02 Å². The highest BCUT2D eigenvalue weighted by atomic mass is 35.5. The summed E-state index contributed by atoms with van der Waals surface area (Å²) in [6, 6.07) is 4.68. The zero-order chi connectivity index (χ0) is 14.5. The maximum atomic E-state index is 11.7. The fraction of sp³-hybridized carbons (Fsp3) is 0.429. The van der Waals surface area contributed by atoms with Gasteiger partial charge in [-0.3, -0.25) is 9.59 Å². The van der Waals surface area contributed by atoms with Gasteiger partial charge in [0.1, 0.15) is 5.75 Å². The third kappa shape index (κ3) is 4.91. The lowest BCUT2D eigenvalue weighted by Crippen LogP contribution is -2.44. The van der Waals surface area contributed by atoms with E-state index in [0.29, 0.717) is 22.6 Å². The molecule has 0 unspecified atom stereocenters. The molecule has 0 radical (unpaired) electrons. The smallest absolute Gasteiger partial charge is 0.258 e.